The summed E-state index contributed by atoms with van der Waals surface area (Å²) in [5, 5.41) is 2.39. The van der Waals surface area contributed by atoms with Gasteiger partial charge in [0.2, 0.25) is 0 Å². The first-order valence-corrected chi connectivity index (χ1v) is 4.07. The van der Waals surface area contributed by atoms with Crippen LogP contribution >= 0.6 is 0 Å². The fraction of sp³-hybridized carbons (Fsp3) is 0.556. The molecule has 0 unspecified atom stereocenters. The molecule has 0 rings (SSSR count). The number of hydrogen-bond acceptors (Lipinski definition) is 3. The van der Waals surface area contributed by atoms with Crippen LogP contribution < -0.4 is 5.32 Å². The SMILES string of the molecule is CC#CCCNC(=O)C(=O)OCC. The van der Waals surface area contributed by atoms with Crippen molar-refractivity contribution in [3.8, 4) is 11.8 Å². The summed E-state index contributed by atoms with van der Waals surface area (Å²) in [5.74, 6) is 3.89. The second-order valence-electron chi connectivity index (χ2n) is 2.15. The lowest BCUT2D eigenvalue weighted by Gasteiger charge is -2.01. The molecule has 0 heterocycles. The van der Waals surface area contributed by atoms with Crippen molar-refractivity contribution in [1.82, 2.24) is 5.32 Å². The van der Waals surface area contributed by atoms with Gasteiger partial charge in [0.25, 0.3) is 0 Å². The van der Waals surface area contributed by atoms with E-state index in [-0.39, 0.29) is 6.61 Å². The number of hydrogen-bond donors (Lipinski definition) is 1. The summed E-state index contributed by atoms with van der Waals surface area (Å²) in [4.78, 5) is 21.6. The van der Waals surface area contributed by atoms with Gasteiger partial charge < -0.3 is 10.1 Å². The number of rotatable bonds is 3. The zero-order valence-corrected chi connectivity index (χ0v) is 7.85. The molecule has 0 saturated heterocycles. The van der Waals surface area contributed by atoms with E-state index in [1.165, 1.54) is 0 Å². The second kappa shape index (κ2) is 7.17. The topological polar surface area (TPSA) is 55.4 Å². The van der Waals surface area contributed by atoms with Gasteiger partial charge >= 0.3 is 11.9 Å². The van der Waals surface area contributed by atoms with Crippen molar-refractivity contribution in [2.75, 3.05) is 13.2 Å². The third-order valence-electron chi connectivity index (χ3n) is 1.17. The fourth-order valence-corrected chi connectivity index (χ4v) is 0.632. The summed E-state index contributed by atoms with van der Waals surface area (Å²) in [7, 11) is 0. The fourth-order valence-electron chi connectivity index (χ4n) is 0.632. The summed E-state index contributed by atoms with van der Waals surface area (Å²) < 4.78 is 4.47. The van der Waals surface area contributed by atoms with Crippen LogP contribution in [0.4, 0.5) is 0 Å². The monoisotopic (exact) mass is 183 g/mol. The van der Waals surface area contributed by atoms with Crippen LogP contribution in [-0.4, -0.2) is 25.0 Å². The predicted octanol–water partition coefficient (Wildman–Crippen LogP) is 0.0791. The quantitative estimate of drug-likeness (QED) is 0.292. The van der Waals surface area contributed by atoms with E-state index in [1.54, 1.807) is 13.8 Å². The van der Waals surface area contributed by atoms with Gasteiger partial charge in [-0.05, 0) is 13.8 Å². The highest BCUT2D eigenvalue weighted by Gasteiger charge is 2.12. The first kappa shape index (κ1) is 11.5. The molecule has 72 valence electrons. The Bertz CT molecular complexity index is 237. The van der Waals surface area contributed by atoms with Crippen molar-refractivity contribution >= 4 is 11.9 Å². The van der Waals surface area contributed by atoms with Crippen LogP contribution in [0.15, 0.2) is 0 Å². The van der Waals surface area contributed by atoms with Crippen molar-refractivity contribution in [3.05, 3.63) is 0 Å². The molecule has 0 saturated carbocycles. The van der Waals surface area contributed by atoms with Crippen molar-refractivity contribution in [1.29, 1.82) is 0 Å². The lowest BCUT2D eigenvalue weighted by Crippen LogP contribution is -2.33. The first-order chi connectivity index (χ1) is 6.22. The molecule has 0 bridgehead atoms. The van der Waals surface area contributed by atoms with Crippen LogP contribution in [0.5, 0.6) is 0 Å². The molecule has 0 aromatic carbocycles. The third-order valence-corrected chi connectivity index (χ3v) is 1.17. The first-order valence-electron chi connectivity index (χ1n) is 4.07. The van der Waals surface area contributed by atoms with Gasteiger partial charge in [0.15, 0.2) is 0 Å². The Morgan fingerprint density at radius 3 is 2.69 bits per heavy atom. The van der Waals surface area contributed by atoms with Crippen molar-refractivity contribution < 1.29 is 14.3 Å². The number of esters is 1. The largest absolute Gasteiger partial charge is 0.459 e. The maximum absolute atomic E-state index is 10.9. The Balaban J connectivity index is 3.60. The highest BCUT2D eigenvalue weighted by Crippen LogP contribution is 1.79. The summed E-state index contributed by atoms with van der Waals surface area (Å²) >= 11 is 0. The Morgan fingerprint density at radius 1 is 1.46 bits per heavy atom. The molecule has 0 aromatic heterocycles. The summed E-state index contributed by atoms with van der Waals surface area (Å²) in [6.07, 6.45) is 0.543. The molecule has 0 aliphatic heterocycles. The Labute approximate surface area is 77.6 Å². The van der Waals surface area contributed by atoms with Crippen molar-refractivity contribution in [2.45, 2.75) is 20.3 Å². The zero-order chi connectivity index (χ0) is 10.1. The second-order valence-corrected chi connectivity index (χ2v) is 2.15. The predicted molar refractivity (Wildman–Crippen MR) is 47.7 cm³/mol. The van der Waals surface area contributed by atoms with Gasteiger partial charge in [0.1, 0.15) is 0 Å². The maximum Gasteiger partial charge on any atom is 0.396 e. The molecule has 4 heteroatoms. The average Bonchev–Trinajstić information content (AvgIpc) is 2.12. The van der Waals surface area contributed by atoms with Crippen LogP contribution in [0.2, 0.25) is 0 Å². The number of carbonyl (C=O) groups excluding carboxylic acids is 2. The van der Waals surface area contributed by atoms with E-state index in [1.807, 2.05) is 0 Å². The van der Waals surface area contributed by atoms with E-state index in [2.05, 4.69) is 21.9 Å². The van der Waals surface area contributed by atoms with Crippen LogP contribution in [0.3, 0.4) is 0 Å². The van der Waals surface area contributed by atoms with Gasteiger partial charge in [-0.3, -0.25) is 4.79 Å². The summed E-state index contributed by atoms with van der Waals surface area (Å²) in [6, 6.07) is 0. The molecule has 0 aliphatic rings. The zero-order valence-electron chi connectivity index (χ0n) is 7.85. The lowest BCUT2D eigenvalue weighted by atomic mass is 10.4. The van der Waals surface area contributed by atoms with Crippen LogP contribution in [0.25, 0.3) is 0 Å². The van der Waals surface area contributed by atoms with Gasteiger partial charge in [0.05, 0.1) is 6.61 Å². The van der Waals surface area contributed by atoms with Gasteiger partial charge in [-0.25, -0.2) is 4.79 Å². The standard InChI is InChI=1S/C9H13NO3/c1-3-5-6-7-10-8(11)9(12)13-4-2/h4,6-7H2,1-2H3,(H,10,11). The van der Waals surface area contributed by atoms with E-state index < -0.39 is 11.9 Å². The van der Waals surface area contributed by atoms with Gasteiger partial charge in [-0.2, -0.15) is 0 Å². The molecule has 0 atom stereocenters. The molecule has 13 heavy (non-hydrogen) atoms. The molecule has 0 aliphatic carbocycles. The van der Waals surface area contributed by atoms with Crippen molar-refractivity contribution in [3.63, 3.8) is 0 Å². The Morgan fingerprint density at radius 2 is 2.15 bits per heavy atom. The maximum atomic E-state index is 10.9. The number of amides is 1. The molecule has 0 aromatic rings. The molecular weight excluding hydrogens is 170 g/mol. The molecular formula is C9H13NO3. The molecule has 1 amide bonds. The lowest BCUT2D eigenvalue weighted by molar-refractivity contribution is -0.154. The van der Waals surface area contributed by atoms with Gasteiger partial charge in [-0.1, -0.05) is 0 Å². The molecule has 0 radical (unpaired) electrons. The molecule has 0 spiro atoms. The van der Waals surface area contributed by atoms with Crippen molar-refractivity contribution in [2.24, 2.45) is 0 Å². The minimum absolute atomic E-state index is 0.209. The smallest absolute Gasteiger partial charge is 0.396 e. The number of carbonyl (C=O) groups is 2. The van der Waals surface area contributed by atoms with E-state index in [9.17, 15) is 9.59 Å². The number of nitrogens with one attached hydrogen (secondary N) is 1. The minimum Gasteiger partial charge on any atom is -0.459 e. The van der Waals surface area contributed by atoms with E-state index in [0.717, 1.165) is 0 Å². The summed E-state index contributed by atoms with van der Waals surface area (Å²) in [5.41, 5.74) is 0. The van der Waals surface area contributed by atoms with Crippen LogP contribution in [0.1, 0.15) is 20.3 Å². The Hall–Kier alpha value is -1.50. The number of ether oxygens (including phenoxy) is 1. The Kier molecular flexibility index (Phi) is 6.34. The highest BCUT2D eigenvalue weighted by molar-refractivity contribution is 6.32. The minimum atomic E-state index is -0.841. The molecule has 0 fully saturated rings. The van der Waals surface area contributed by atoms with Crippen LogP contribution in [0, 0.1) is 11.8 Å². The summed E-state index contributed by atoms with van der Waals surface area (Å²) in [6.45, 7) is 3.94. The van der Waals surface area contributed by atoms with E-state index >= 15 is 0 Å². The van der Waals surface area contributed by atoms with E-state index in [0.29, 0.717) is 13.0 Å². The molecule has 1 N–H and O–H groups in total. The van der Waals surface area contributed by atoms with Gasteiger partial charge in [-0.15, -0.1) is 11.8 Å². The van der Waals surface area contributed by atoms with Gasteiger partial charge in [0, 0.05) is 13.0 Å². The van der Waals surface area contributed by atoms with E-state index in [4.69, 9.17) is 0 Å². The molecule has 4 nitrogen and oxygen atoms in total. The average molecular weight is 183 g/mol. The van der Waals surface area contributed by atoms with Crippen LogP contribution in [-0.2, 0) is 14.3 Å². The highest BCUT2D eigenvalue weighted by atomic mass is 16.5. The third kappa shape index (κ3) is 5.74. The normalized spacial score (nSPS) is 8.15.